The molecule has 0 aromatic carbocycles. The van der Waals surface area contributed by atoms with Crippen LogP contribution >= 0.6 is 27.3 Å². The maximum atomic E-state index is 11.9. The third kappa shape index (κ3) is 3.03. The molecule has 2 heterocycles. The number of hydrogen-bond donors (Lipinski definition) is 1. The second kappa shape index (κ2) is 5.83. The summed E-state index contributed by atoms with van der Waals surface area (Å²) in [6.07, 6.45) is 1.66. The van der Waals surface area contributed by atoms with Gasteiger partial charge < -0.3 is 5.32 Å². The standard InChI is InChI=1S/C12H15BrN4OS/c1-4-17-12(18)10(13)9(5-14-17)16-8(3)11-15-7(2)6-19-11/h5-6,8,16H,4H2,1-3H3. The lowest BCUT2D eigenvalue weighted by molar-refractivity contribution is 0.612. The molecule has 1 unspecified atom stereocenters. The number of hydrogen-bond acceptors (Lipinski definition) is 5. The Morgan fingerprint density at radius 2 is 2.32 bits per heavy atom. The molecule has 0 fully saturated rings. The molecule has 0 radical (unpaired) electrons. The SMILES string of the molecule is CCn1ncc(NC(C)c2nc(C)cs2)c(Br)c1=O. The van der Waals surface area contributed by atoms with Crippen LogP contribution in [-0.4, -0.2) is 14.8 Å². The smallest absolute Gasteiger partial charge is 0.283 e. The molecular formula is C12H15BrN4OS. The van der Waals surface area contributed by atoms with Crippen molar-refractivity contribution in [3.63, 3.8) is 0 Å². The highest BCUT2D eigenvalue weighted by molar-refractivity contribution is 9.10. The highest BCUT2D eigenvalue weighted by Crippen LogP contribution is 2.25. The Morgan fingerprint density at radius 1 is 1.58 bits per heavy atom. The maximum Gasteiger partial charge on any atom is 0.283 e. The first kappa shape index (κ1) is 14.2. The fourth-order valence-electron chi connectivity index (χ4n) is 1.66. The zero-order valence-electron chi connectivity index (χ0n) is 11.0. The van der Waals surface area contributed by atoms with Crippen molar-refractivity contribution in [2.45, 2.75) is 33.4 Å². The molecule has 0 aliphatic heterocycles. The van der Waals surface area contributed by atoms with Gasteiger partial charge in [-0.05, 0) is 36.7 Å². The average Bonchev–Trinajstić information content (AvgIpc) is 2.82. The summed E-state index contributed by atoms with van der Waals surface area (Å²) in [5.41, 5.74) is 1.57. The van der Waals surface area contributed by atoms with Crippen LogP contribution in [0.1, 0.15) is 30.6 Å². The first-order valence-corrected chi connectivity index (χ1v) is 7.64. The number of thiazole rings is 1. The van der Waals surface area contributed by atoms with Gasteiger partial charge in [-0.1, -0.05) is 0 Å². The van der Waals surface area contributed by atoms with E-state index in [0.29, 0.717) is 16.7 Å². The van der Waals surface area contributed by atoms with Crippen molar-refractivity contribution in [2.24, 2.45) is 0 Å². The van der Waals surface area contributed by atoms with Crippen LogP contribution in [0.25, 0.3) is 0 Å². The fourth-order valence-corrected chi connectivity index (χ4v) is 2.88. The maximum absolute atomic E-state index is 11.9. The monoisotopic (exact) mass is 342 g/mol. The highest BCUT2D eigenvalue weighted by atomic mass is 79.9. The number of rotatable bonds is 4. The molecule has 2 aromatic rings. The van der Waals surface area contributed by atoms with Crippen molar-refractivity contribution >= 4 is 33.0 Å². The van der Waals surface area contributed by atoms with E-state index in [4.69, 9.17) is 0 Å². The lowest BCUT2D eigenvalue weighted by Crippen LogP contribution is -2.24. The van der Waals surface area contributed by atoms with E-state index in [-0.39, 0.29) is 11.6 Å². The Labute approximate surface area is 123 Å². The van der Waals surface area contributed by atoms with Crippen LogP contribution in [0, 0.1) is 6.92 Å². The first-order valence-electron chi connectivity index (χ1n) is 5.97. The van der Waals surface area contributed by atoms with E-state index >= 15 is 0 Å². The molecule has 0 saturated heterocycles. The summed E-state index contributed by atoms with van der Waals surface area (Å²) in [5, 5.41) is 10.4. The number of halogens is 1. The van der Waals surface area contributed by atoms with Gasteiger partial charge in [0, 0.05) is 17.6 Å². The molecule has 1 atom stereocenters. The third-order valence-electron chi connectivity index (χ3n) is 2.66. The summed E-state index contributed by atoms with van der Waals surface area (Å²) in [6.45, 7) is 6.41. The van der Waals surface area contributed by atoms with Crippen LogP contribution in [0.15, 0.2) is 20.8 Å². The van der Waals surface area contributed by atoms with Crippen molar-refractivity contribution in [1.82, 2.24) is 14.8 Å². The molecule has 19 heavy (non-hydrogen) atoms. The average molecular weight is 343 g/mol. The molecule has 1 N–H and O–H groups in total. The van der Waals surface area contributed by atoms with Crippen molar-refractivity contribution < 1.29 is 0 Å². The van der Waals surface area contributed by atoms with Gasteiger partial charge in [-0.15, -0.1) is 11.3 Å². The van der Waals surface area contributed by atoms with E-state index in [1.54, 1.807) is 17.5 Å². The minimum atomic E-state index is -0.130. The number of anilines is 1. The minimum Gasteiger partial charge on any atom is -0.374 e. The molecule has 0 saturated carbocycles. The Balaban J connectivity index is 2.24. The summed E-state index contributed by atoms with van der Waals surface area (Å²) < 4.78 is 1.91. The van der Waals surface area contributed by atoms with Gasteiger partial charge in [0.2, 0.25) is 0 Å². The van der Waals surface area contributed by atoms with Gasteiger partial charge in [0.05, 0.1) is 17.9 Å². The van der Waals surface area contributed by atoms with Gasteiger partial charge >= 0.3 is 0 Å². The third-order valence-corrected chi connectivity index (χ3v) is 4.58. The lowest BCUT2D eigenvalue weighted by atomic mass is 10.3. The molecule has 0 amide bonds. The highest BCUT2D eigenvalue weighted by Gasteiger charge is 2.13. The summed E-state index contributed by atoms with van der Waals surface area (Å²) in [4.78, 5) is 16.4. The van der Waals surface area contributed by atoms with Crippen molar-refractivity contribution in [2.75, 3.05) is 5.32 Å². The van der Waals surface area contributed by atoms with Crippen LogP contribution < -0.4 is 10.9 Å². The molecule has 0 aliphatic carbocycles. The Bertz CT molecular complexity index is 637. The fraction of sp³-hybridized carbons (Fsp3) is 0.417. The first-order chi connectivity index (χ1) is 9.02. The summed E-state index contributed by atoms with van der Waals surface area (Å²) in [5.74, 6) is 0. The van der Waals surface area contributed by atoms with Gasteiger partial charge in [0.15, 0.2) is 0 Å². The molecule has 5 nitrogen and oxygen atoms in total. The largest absolute Gasteiger partial charge is 0.374 e. The van der Waals surface area contributed by atoms with Gasteiger partial charge in [-0.25, -0.2) is 9.67 Å². The molecule has 0 aliphatic rings. The minimum absolute atomic E-state index is 0.0358. The van der Waals surface area contributed by atoms with Crippen molar-refractivity contribution in [1.29, 1.82) is 0 Å². The summed E-state index contributed by atoms with van der Waals surface area (Å²) in [6, 6.07) is 0.0358. The van der Waals surface area contributed by atoms with E-state index in [9.17, 15) is 4.79 Å². The predicted molar refractivity (Wildman–Crippen MR) is 80.8 cm³/mol. The quantitative estimate of drug-likeness (QED) is 0.927. The molecule has 0 spiro atoms. The van der Waals surface area contributed by atoms with E-state index in [1.165, 1.54) is 4.68 Å². The van der Waals surface area contributed by atoms with E-state index in [2.05, 4.69) is 31.3 Å². The summed E-state index contributed by atoms with van der Waals surface area (Å²) in [7, 11) is 0. The zero-order chi connectivity index (χ0) is 14.0. The molecule has 2 rings (SSSR count). The molecule has 7 heteroatoms. The van der Waals surface area contributed by atoms with Crippen LogP contribution in [0.5, 0.6) is 0 Å². The topological polar surface area (TPSA) is 59.8 Å². The van der Waals surface area contributed by atoms with E-state index in [1.807, 2.05) is 26.2 Å². The van der Waals surface area contributed by atoms with Crippen molar-refractivity contribution in [3.05, 3.63) is 37.1 Å². The second-order valence-corrected chi connectivity index (χ2v) is 5.87. The molecule has 0 bridgehead atoms. The predicted octanol–water partition coefficient (Wildman–Crippen LogP) is 2.96. The molecule has 102 valence electrons. The van der Waals surface area contributed by atoms with E-state index < -0.39 is 0 Å². The van der Waals surface area contributed by atoms with Crippen molar-refractivity contribution in [3.8, 4) is 0 Å². The van der Waals surface area contributed by atoms with Gasteiger partial charge in [-0.3, -0.25) is 4.79 Å². The van der Waals surface area contributed by atoms with E-state index in [0.717, 1.165) is 10.7 Å². The zero-order valence-corrected chi connectivity index (χ0v) is 13.4. The van der Waals surface area contributed by atoms with Crippen LogP contribution in [0.4, 0.5) is 5.69 Å². The van der Waals surface area contributed by atoms with Gasteiger partial charge in [0.25, 0.3) is 5.56 Å². The number of nitrogens with zero attached hydrogens (tertiary/aromatic N) is 3. The molecular weight excluding hydrogens is 328 g/mol. The Kier molecular flexibility index (Phi) is 4.36. The normalized spacial score (nSPS) is 12.4. The second-order valence-electron chi connectivity index (χ2n) is 4.19. The summed E-state index contributed by atoms with van der Waals surface area (Å²) >= 11 is 4.93. The van der Waals surface area contributed by atoms with Crippen LogP contribution in [0.2, 0.25) is 0 Å². The Hall–Kier alpha value is -1.21. The number of aryl methyl sites for hydroxylation is 2. The van der Waals surface area contributed by atoms with Gasteiger partial charge in [-0.2, -0.15) is 5.10 Å². The number of nitrogens with one attached hydrogen (secondary N) is 1. The number of aromatic nitrogens is 3. The lowest BCUT2D eigenvalue weighted by Gasteiger charge is -2.14. The van der Waals surface area contributed by atoms with Crippen LogP contribution in [-0.2, 0) is 6.54 Å². The van der Waals surface area contributed by atoms with Gasteiger partial charge in [0.1, 0.15) is 9.48 Å². The molecule has 2 aromatic heterocycles. The Morgan fingerprint density at radius 3 is 2.89 bits per heavy atom. The van der Waals surface area contributed by atoms with Crippen LogP contribution in [0.3, 0.4) is 0 Å².